The Morgan fingerprint density at radius 2 is 2.00 bits per heavy atom. The number of aromatic nitrogens is 1. The largest absolute Gasteiger partial charge is 0.497 e. The Balaban J connectivity index is 2.18. The van der Waals surface area contributed by atoms with E-state index in [2.05, 4.69) is 29.9 Å². The lowest BCUT2D eigenvalue weighted by atomic mass is 9.69. The first kappa shape index (κ1) is 13.5. The van der Waals surface area contributed by atoms with Crippen molar-refractivity contribution in [1.29, 1.82) is 0 Å². The molecule has 20 heavy (non-hydrogen) atoms. The van der Waals surface area contributed by atoms with Gasteiger partial charge in [-0.15, -0.1) is 0 Å². The van der Waals surface area contributed by atoms with E-state index < -0.39 is 0 Å². The normalized spacial score (nSPS) is 18.4. The van der Waals surface area contributed by atoms with Crippen molar-refractivity contribution in [3.05, 3.63) is 30.0 Å². The third-order valence-corrected chi connectivity index (χ3v) is 4.97. The summed E-state index contributed by atoms with van der Waals surface area (Å²) in [5.41, 5.74) is 9.03. The SMILES string of the molecule is COc1ccc2c(c1)c(C1(CN)CCCCC1)cn2C. The van der Waals surface area contributed by atoms with Crippen LogP contribution in [-0.2, 0) is 12.5 Å². The molecular weight excluding hydrogens is 248 g/mol. The van der Waals surface area contributed by atoms with Gasteiger partial charge in [0.05, 0.1) is 7.11 Å². The summed E-state index contributed by atoms with van der Waals surface area (Å²) in [5.74, 6) is 0.924. The van der Waals surface area contributed by atoms with Gasteiger partial charge in [0, 0.05) is 36.1 Å². The molecule has 0 amide bonds. The number of rotatable bonds is 3. The molecule has 1 aliphatic rings. The minimum absolute atomic E-state index is 0.157. The number of hydrogen-bond donors (Lipinski definition) is 1. The van der Waals surface area contributed by atoms with E-state index in [1.54, 1.807) is 7.11 Å². The quantitative estimate of drug-likeness (QED) is 0.931. The zero-order valence-electron chi connectivity index (χ0n) is 12.5. The summed E-state index contributed by atoms with van der Waals surface area (Å²) in [6.45, 7) is 0.739. The van der Waals surface area contributed by atoms with Crippen molar-refractivity contribution in [2.75, 3.05) is 13.7 Å². The maximum atomic E-state index is 6.20. The van der Waals surface area contributed by atoms with Crippen LogP contribution in [0.25, 0.3) is 10.9 Å². The number of benzene rings is 1. The second kappa shape index (κ2) is 5.13. The number of nitrogens with zero attached hydrogens (tertiary/aromatic N) is 1. The number of ether oxygens (including phenoxy) is 1. The van der Waals surface area contributed by atoms with Gasteiger partial charge in [0.15, 0.2) is 0 Å². The molecule has 0 bridgehead atoms. The second-order valence-corrected chi connectivity index (χ2v) is 6.08. The van der Waals surface area contributed by atoms with Crippen molar-refractivity contribution < 1.29 is 4.74 Å². The Labute approximate surface area is 120 Å². The first-order valence-corrected chi connectivity index (χ1v) is 7.54. The minimum Gasteiger partial charge on any atom is -0.497 e. The van der Waals surface area contributed by atoms with E-state index >= 15 is 0 Å². The molecule has 2 N–H and O–H groups in total. The zero-order chi connectivity index (χ0) is 14.2. The van der Waals surface area contributed by atoms with Gasteiger partial charge in [0.25, 0.3) is 0 Å². The van der Waals surface area contributed by atoms with Crippen molar-refractivity contribution in [3.8, 4) is 5.75 Å². The standard InChI is InChI=1S/C17H24N2O/c1-19-11-15(17(12-18)8-4-3-5-9-17)14-10-13(20-2)6-7-16(14)19/h6-7,10-11H,3-5,8-9,12,18H2,1-2H3. The van der Waals surface area contributed by atoms with Crippen LogP contribution in [0.4, 0.5) is 0 Å². The monoisotopic (exact) mass is 272 g/mol. The molecule has 0 radical (unpaired) electrons. The molecule has 0 aliphatic heterocycles. The number of fused-ring (bicyclic) bond motifs is 1. The third kappa shape index (κ3) is 2.01. The molecule has 1 saturated carbocycles. The van der Waals surface area contributed by atoms with Crippen LogP contribution in [0, 0.1) is 0 Å². The van der Waals surface area contributed by atoms with Crippen LogP contribution >= 0.6 is 0 Å². The van der Waals surface area contributed by atoms with E-state index in [9.17, 15) is 0 Å². The lowest BCUT2D eigenvalue weighted by molar-refractivity contribution is 0.302. The van der Waals surface area contributed by atoms with Crippen molar-refractivity contribution in [2.24, 2.45) is 12.8 Å². The van der Waals surface area contributed by atoms with E-state index in [0.29, 0.717) is 0 Å². The van der Waals surface area contributed by atoms with Gasteiger partial charge in [-0.3, -0.25) is 0 Å². The van der Waals surface area contributed by atoms with Gasteiger partial charge in [0.1, 0.15) is 5.75 Å². The summed E-state index contributed by atoms with van der Waals surface area (Å²) in [6, 6.07) is 6.34. The third-order valence-electron chi connectivity index (χ3n) is 4.97. The lowest BCUT2D eigenvalue weighted by Crippen LogP contribution is -2.37. The maximum absolute atomic E-state index is 6.20. The highest BCUT2D eigenvalue weighted by Crippen LogP contribution is 2.42. The van der Waals surface area contributed by atoms with Crippen molar-refractivity contribution in [1.82, 2.24) is 4.57 Å². The molecule has 0 spiro atoms. The van der Waals surface area contributed by atoms with Gasteiger partial charge in [-0.05, 0) is 36.6 Å². The Bertz CT molecular complexity index is 609. The predicted octanol–water partition coefficient (Wildman–Crippen LogP) is 3.35. The molecule has 3 heteroatoms. The molecule has 1 aromatic heterocycles. The molecule has 1 heterocycles. The van der Waals surface area contributed by atoms with Gasteiger partial charge in [-0.2, -0.15) is 0 Å². The first-order valence-electron chi connectivity index (χ1n) is 7.54. The van der Waals surface area contributed by atoms with Gasteiger partial charge in [-0.25, -0.2) is 0 Å². The predicted molar refractivity (Wildman–Crippen MR) is 83.3 cm³/mol. The lowest BCUT2D eigenvalue weighted by Gasteiger charge is -2.36. The summed E-state index contributed by atoms with van der Waals surface area (Å²) >= 11 is 0. The molecular formula is C17H24N2O. The topological polar surface area (TPSA) is 40.2 Å². The van der Waals surface area contributed by atoms with Crippen LogP contribution in [0.1, 0.15) is 37.7 Å². The highest BCUT2D eigenvalue weighted by molar-refractivity contribution is 5.86. The van der Waals surface area contributed by atoms with E-state index in [4.69, 9.17) is 10.5 Å². The zero-order valence-corrected chi connectivity index (χ0v) is 12.5. The smallest absolute Gasteiger partial charge is 0.119 e. The van der Waals surface area contributed by atoms with Crippen molar-refractivity contribution in [2.45, 2.75) is 37.5 Å². The van der Waals surface area contributed by atoms with Gasteiger partial charge < -0.3 is 15.0 Å². The molecule has 3 rings (SSSR count). The highest BCUT2D eigenvalue weighted by Gasteiger charge is 2.34. The van der Waals surface area contributed by atoms with Crippen molar-refractivity contribution >= 4 is 10.9 Å². The molecule has 3 nitrogen and oxygen atoms in total. The van der Waals surface area contributed by atoms with Crippen LogP contribution in [0.3, 0.4) is 0 Å². The fourth-order valence-corrected chi connectivity index (χ4v) is 3.73. The summed E-state index contributed by atoms with van der Waals surface area (Å²) in [5, 5.41) is 1.30. The Kier molecular flexibility index (Phi) is 3.47. The number of methoxy groups -OCH3 is 1. The van der Waals surface area contributed by atoms with Crippen molar-refractivity contribution in [3.63, 3.8) is 0 Å². The fourth-order valence-electron chi connectivity index (χ4n) is 3.73. The summed E-state index contributed by atoms with van der Waals surface area (Å²) in [4.78, 5) is 0. The maximum Gasteiger partial charge on any atom is 0.119 e. The summed E-state index contributed by atoms with van der Waals surface area (Å²) < 4.78 is 7.62. The molecule has 1 fully saturated rings. The number of aryl methyl sites for hydroxylation is 1. The average molecular weight is 272 g/mol. The van der Waals surface area contributed by atoms with Crippen LogP contribution in [0.2, 0.25) is 0 Å². The number of hydrogen-bond acceptors (Lipinski definition) is 2. The Morgan fingerprint density at radius 3 is 2.65 bits per heavy atom. The minimum atomic E-state index is 0.157. The average Bonchev–Trinajstić information content (AvgIpc) is 2.85. The van der Waals surface area contributed by atoms with Crippen LogP contribution in [0.15, 0.2) is 24.4 Å². The summed E-state index contributed by atoms with van der Waals surface area (Å²) in [6.07, 6.45) is 8.62. The van der Waals surface area contributed by atoms with E-state index in [1.165, 1.54) is 48.6 Å². The molecule has 108 valence electrons. The Morgan fingerprint density at radius 1 is 1.25 bits per heavy atom. The first-order chi connectivity index (χ1) is 9.70. The fraction of sp³-hybridized carbons (Fsp3) is 0.529. The van der Waals surface area contributed by atoms with Crippen LogP contribution < -0.4 is 10.5 Å². The van der Waals surface area contributed by atoms with E-state index in [0.717, 1.165) is 12.3 Å². The van der Waals surface area contributed by atoms with Gasteiger partial charge in [0.2, 0.25) is 0 Å². The second-order valence-electron chi connectivity index (χ2n) is 6.08. The van der Waals surface area contributed by atoms with E-state index in [1.807, 2.05) is 6.07 Å². The number of nitrogens with two attached hydrogens (primary N) is 1. The Hall–Kier alpha value is -1.48. The van der Waals surface area contributed by atoms with Gasteiger partial charge in [-0.1, -0.05) is 19.3 Å². The molecule has 0 unspecified atom stereocenters. The molecule has 1 aliphatic carbocycles. The van der Waals surface area contributed by atoms with Crippen LogP contribution in [-0.4, -0.2) is 18.2 Å². The van der Waals surface area contributed by atoms with E-state index in [-0.39, 0.29) is 5.41 Å². The van der Waals surface area contributed by atoms with Crippen LogP contribution in [0.5, 0.6) is 5.75 Å². The molecule has 0 atom stereocenters. The molecule has 2 aromatic rings. The summed E-state index contributed by atoms with van der Waals surface area (Å²) in [7, 11) is 3.84. The molecule has 1 aromatic carbocycles. The molecule has 0 saturated heterocycles. The highest BCUT2D eigenvalue weighted by atomic mass is 16.5. The van der Waals surface area contributed by atoms with Gasteiger partial charge >= 0.3 is 0 Å².